The number of nitrogens with one attached hydrogen (secondary N) is 1. The van der Waals surface area contributed by atoms with Crippen LogP contribution in [0.5, 0.6) is 0 Å². The molecule has 0 bridgehead atoms. The van der Waals surface area contributed by atoms with E-state index < -0.39 is 0 Å². The minimum absolute atomic E-state index is 0.143. The normalized spacial score (nSPS) is 19.1. The summed E-state index contributed by atoms with van der Waals surface area (Å²) in [6, 6.07) is 7.17. The van der Waals surface area contributed by atoms with Gasteiger partial charge in [0, 0.05) is 35.6 Å². The van der Waals surface area contributed by atoms with Crippen LogP contribution in [-0.4, -0.2) is 25.5 Å². The molecule has 1 N–H and O–H groups in total. The summed E-state index contributed by atoms with van der Waals surface area (Å²) in [5, 5.41) is 8.00. The van der Waals surface area contributed by atoms with Crippen LogP contribution >= 0.6 is 0 Å². The number of anilines is 1. The molecule has 0 radical (unpaired) electrons. The second-order valence-corrected chi connectivity index (χ2v) is 6.58. The highest BCUT2D eigenvalue weighted by Crippen LogP contribution is 2.40. The first-order valence-corrected chi connectivity index (χ1v) is 8.67. The fraction of sp³-hybridized carbons (Fsp3) is 0.263. The summed E-state index contributed by atoms with van der Waals surface area (Å²) in [7, 11) is 0. The molecule has 130 valence electrons. The third-order valence-electron chi connectivity index (χ3n) is 4.84. The summed E-state index contributed by atoms with van der Waals surface area (Å²) in [5.74, 6) is 2.88. The van der Waals surface area contributed by atoms with E-state index >= 15 is 0 Å². The van der Waals surface area contributed by atoms with E-state index in [0.717, 1.165) is 35.4 Å². The highest BCUT2D eigenvalue weighted by molar-refractivity contribution is 5.99. The first-order valence-electron chi connectivity index (χ1n) is 8.67. The standard InChI is InChI=1S/C19H17N5O2/c1-11-5-6-15(26-11)17-16-13(3-2-4-14(16)25)21-19-22-18(23-24(17)19)12-7-9-20-10-8-12/h5-10,17H,2-4H2,1H3,(H,21,22,23). The van der Waals surface area contributed by atoms with Crippen molar-refractivity contribution >= 4 is 11.7 Å². The van der Waals surface area contributed by atoms with Gasteiger partial charge in [0.1, 0.15) is 17.6 Å². The second-order valence-electron chi connectivity index (χ2n) is 6.58. The number of aryl methyl sites for hydroxylation is 1. The molecule has 26 heavy (non-hydrogen) atoms. The van der Waals surface area contributed by atoms with Crippen LogP contribution in [-0.2, 0) is 4.79 Å². The lowest BCUT2D eigenvalue weighted by atomic mass is 9.88. The number of fused-ring (bicyclic) bond motifs is 1. The fourth-order valence-corrected chi connectivity index (χ4v) is 3.64. The van der Waals surface area contributed by atoms with Crippen molar-refractivity contribution in [2.24, 2.45) is 0 Å². The van der Waals surface area contributed by atoms with Crippen molar-refractivity contribution in [1.82, 2.24) is 19.7 Å². The lowest BCUT2D eigenvalue weighted by Crippen LogP contribution is -2.31. The van der Waals surface area contributed by atoms with Crippen LogP contribution < -0.4 is 5.32 Å². The highest BCUT2D eigenvalue weighted by Gasteiger charge is 2.38. The van der Waals surface area contributed by atoms with E-state index in [1.807, 2.05) is 31.2 Å². The maximum absolute atomic E-state index is 12.7. The zero-order chi connectivity index (χ0) is 17.7. The van der Waals surface area contributed by atoms with Crippen molar-refractivity contribution in [2.45, 2.75) is 32.2 Å². The molecule has 0 saturated carbocycles. The highest BCUT2D eigenvalue weighted by atomic mass is 16.3. The van der Waals surface area contributed by atoms with E-state index in [4.69, 9.17) is 4.42 Å². The molecule has 3 aromatic rings. The number of hydrogen-bond donors (Lipinski definition) is 1. The van der Waals surface area contributed by atoms with Crippen molar-refractivity contribution in [1.29, 1.82) is 0 Å². The van der Waals surface area contributed by atoms with Crippen molar-refractivity contribution in [2.75, 3.05) is 5.32 Å². The summed E-state index contributed by atoms with van der Waals surface area (Å²) in [6.45, 7) is 1.90. The summed E-state index contributed by atoms with van der Waals surface area (Å²) < 4.78 is 7.64. The molecule has 0 aromatic carbocycles. The molecule has 7 heteroatoms. The number of furan rings is 1. The molecule has 2 aliphatic rings. The summed E-state index contributed by atoms with van der Waals surface area (Å²) >= 11 is 0. The van der Waals surface area contributed by atoms with Gasteiger partial charge in [-0.15, -0.1) is 5.10 Å². The van der Waals surface area contributed by atoms with Gasteiger partial charge in [-0.1, -0.05) is 0 Å². The zero-order valence-corrected chi connectivity index (χ0v) is 14.3. The maximum Gasteiger partial charge on any atom is 0.227 e. The maximum atomic E-state index is 12.7. The monoisotopic (exact) mass is 347 g/mol. The Morgan fingerprint density at radius 1 is 1.19 bits per heavy atom. The first kappa shape index (κ1) is 15.1. The van der Waals surface area contributed by atoms with E-state index in [2.05, 4.69) is 20.4 Å². The summed E-state index contributed by atoms with van der Waals surface area (Å²) in [4.78, 5) is 21.4. The number of carbonyl (C=O) groups excluding carboxylic acids is 1. The lowest BCUT2D eigenvalue weighted by Gasteiger charge is -2.30. The quantitative estimate of drug-likeness (QED) is 0.766. The SMILES string of the molecule is Cc1ccc(C2C3=C(CCCC3=O)Nc3nc(-c4ccncc4)nn32)o1. The number of nitrogens with zero attached hydrogens (tertiary/aromatic N) is 4. The smallest absolute Gasteiger partial charge is 0.227 e. The molecule has 5 rings (SSSR count). The molecule has 0 amide bonds. The molecule has 4 heterocycles. The second kappa shape index (κ2) is 5.66. The third-order valence-corrected chi connectivity index (χ3v) is 4.84. The molecule has 1 atom stereocenters. The number of aromatic nitrogens is 4. The van der Waals surface area contributed by atoms with E-state index in [9.17, 15) is 4.79 Å². The van der Waals surface area contributed by atoms with Crippen LogP contribution in [0.15, 0.2) is 52.3 Å². The first-order chi connectivity index (χ1) is 12.7. The molecule has 0 saturated heterocycles. The molecule has 1 unspecified atom stereocenters. The summed E-state index contributed by atoms with van der Waals surface area (Å²) in [6.07, 6.45) is 5.65. The Balaban J connectivity index is 1.69. The number of pyridine rings is 1. The van der Waals surface area contributed by atoms with Crippen molar-refractivity contribution in [3.8, 4) is 11.4 Å². The zero-order valence-electron chi connectivity index (χ0n) is 14.3. The van der Waals surface area contributed by atoms with Gasteiger partial charge in [0.15, 0.2) is 11.6 Å². The molecule has 3 aromatic heterocycles. The van der Waals surface area contributed by atoms with Crippen molar-refractivity contribution in [3.05, 3.63) is 59.4 Å². The topological polar surface area (TPSA) is 85.8 Å². The van der Waals surface area contributed by atoms with Crippen LogP contribution in [0, 0.1) is 6.92 Å². The van der Waals surface area contributed by atoms with Crippen LogP contribution in [0.4, 0.5) is 5.95 Å². The predicted octanol–water partition coefficient (Wildman–Crippen LogP) is 3.26. The number of carbonyl (C=O) groups is 1. The summed E-state index contributed by atoms with van der Waals surface area (Å²) in [5.41, 5.74) is 2.55. The van der Waals surface area contributed by atoms with E-state index in [-0.39, 0.29) is 11.8 Å². The predicted molar refractivity (Wildman–Crippen MR) is 94.3 cm³/mol. The lowest BCUT2D eigenvalue weighted by molar-refractivity contribution is -0.116. The molecule has 1 aliphatic heterocycles. The number of rotatable bonds is 2. The Morgan fingerprint density at radius 3 is 2.81 bits per heavy atom. The Kier molecular flexibility index (Phi) is 3.28. The van der Waals surface area contributed by atoms with Gasteiger partial charge < -0.3 is 9.73 Å². The molecular formula is C19H17N5O2. The largest absolute Gasteiger partial charge is 0.464 e. The van der Waals surface area contributed by atoms with Crippen molar-refractivity contribution in [3.63, 3.8) is 0 Å². The molecule has 0 spiro atoms. The third kappa shape index (κ3) is 2.28. The van der Waals surface area contributed by atoms with Gasteiger partial charge in [0.2, 0.25) is 5.95 Å². The number of hydrogen-bond acceptors (Lipinski definition) is 6. The minimum atomic E-state index is -0.383. The van der Waals surface area contributed by atoms with Gasteiger partial charge in [-0.2, -0.15) is 4.98 Å². The van der Waals surface area contributed by atoms with Crippen LogP contribution in [0.3, 0.4) is 0 Å². The van der Waals surface area contributed by atoms with Gasteiger partial charge in [0.05, 0.1) is 0 Å². The van der Waals surface area contributed by atoms with Crippen LogP contribution in [0.25, 0.3) is 11.4 Å². The minimum Gasteiger partial charge on any atom is -0.464 e. The van der Waals surface area contributed by atoms with Crippen LogP contribution in [0.2, 0.25) is 0 Å². The average Bonchev–Trinajstić information content (AvgIpc) is 3.27. The van der Waals surface area contributed by atoms with Gasteiger partial charge in [-0.05, 0) is 44.0 Å². The van der Waals surface area contributed by atoms with Crippen LogP contribution in [0.1, 0.15) is 36.8 Å². The number of ketones is 1. The number of Topliss-reactive ketones (excluding diaryl/α,β-unsaturated/α-hetero) is 1. The van der Waals surface area contributed by atoms with Gasteiger partial charge in [0.25, 0.3) is 0 Å². The van der Waals surface area contributed by atoms with E-state index in [1.54, 1.807) is 17.1 Å². The number of allylic oxidation sites excluding steroid dienone is 2. The Hall–Kier alpha value is -3.22. The van der Waals surface area contributed by atoms with Gasteiger partial charge >= 0.3 is 0 Å². The molecule has 1 aliphatic carbocycles. The van der Waals surface area contributed by atoms with Gasteiger partial charge in [-0.3, -0.25) is 9.78 Å². The Bertz CT molecular complexity index is 1030. The molecule has 7 nitrogen and oxygen atoms in total. The van der Waals surface area contributed by atoms with Gasteiger partial charge in [-0.25, -0.2) is 4.68 Å². The average molecular weight is 347 g/mol. The molecular weight excluding hydrogens is 330 g/mol. The van der Waals surface area contributed by atoms with Crippen molar-refractivity contribution < 1.29 is 9.21 Å². The molecule has 0 fully saturated rings. The Labute approximate surface area is 149 Å². The fourth-order valence-electron chi connectivity index (χ4n) is 3.64. The van der Waals surface area contributed by atoms with E-state index in [0.29, 0.717) is 24.0 Å². The van der Waals surface area contributed by atoms with E-state index in [1.165, 1.54) is 0 Å². The Morgan fingerprint density at radius 2 is 2.04 bits per heavy atom.